The first-order chi connectivity index (χ1) is 7.77. The number of anilines is 1. The summed E-state index contributed by atoms with van der Waals surface area (Å²) in [5.74, 6) is 0.872. The number of nitrogens with one attached hydrogen (secondary N) is 1. The fraction of sp³-hybridized carbons (Fsp3) is 0.273. The van der Waals surface area contributed by atoms with E-state index >= 15 is 0 Å². The molecule has 0 aliphatic carbocycles. The van der Waals surface area contributed by atoms with Gasteiger partial charge in [0.2, 0.25) is 0 Å². The highest BCUT2D eigenvalue weighted by molar-refractivity contribution is 7.14. The van der Waals surface area contributed by atoms with Gasteiger partial charge in [-0.15, -0.1) is 11.3 Å². The van der Waals surface area contributed by atoms with Crippen molar-refractivity contribution in [2.24, 2.45) is 0 Å². The number of hydrogen-bond acceptors (Lipinski definition) is 4. The van der Waals surface area contributed by atoms with Crippen LogP contribution in [0.15, 0.2) is 17.8 Å². The Bertz CT molecular complexity index is 496. The van der Waals surface area contributed by atoms with Gasteiger partial charge in [0.15, 0.2) is 0 Å². The van der Waals surface area contributed by atoms with E-state index in [1.54, 1.807) is 17.7 Å². The first-order valence-corrected chi connectivity index (χ1v) is 6.28. The molecular formula is C11H12ClN3S. The lowest BCUT2D eigenvalue weighted by Gasteiger charge is -2.09. The highest BCUT2D eigenvalue weighted by Crippen LogP contribution is 2.35. The molecule has 0 bridgehead atoms. The number of hydrogen-bond donors (Lipinski definition) is 1. The molecule has 0 fully saturated rings. The third-order valence-electron chi connectivity index (χ3n) is 2.37. The van der Waals surface area contributed by atoms with Crippen LogP contribution in [0.1, 0.15) is 12.5 Å². The number of rotatable bonds is 3. The first-order valence-electron chi connectivity index (χ1n) is 5.03. The van der Waals surface area contributed by atoms with Gasteiger partial charge >= 0.3 is 0 Å². The molecule has 2 rings (SSSR count). The Morgan fingerprint density at radius 1 is 1.44 bits per heavy atom. The van der Waals surface area contributed by atoms with E-state index < -0.39 is 0 Å². The van der Waals surface area contributed by atoms with Crippen LogP contribution in [0.2, 0.25) is 5.02 Å². The smallest absolute Gasteiger partial charge is 0.132 e. The molecule has 5 heteroatoms. The summed E-state index contributed by atoms with van der Waals surface area (Å²) in [6, 6.07) is 1.89. The molecule has 2 aromatic heterocycles. The second kappa shape index (κ2) is 4.80. The Morgan fingerprint density at radius 3 is 2.81 bits per heavy atom. The molecule has 0 atom stereocenters. The van der Waals surface area contributed by atoms with Crippen molar-refractivity contribution >= 4 is 28.8 Å². The summed E-state index contributed by atoms with van der Waals surface area (Å²) >= 11 is 7.73. The predicted molar refractivity (Wildman–Crippen MR) is 69.3 cm³/mol. The largest absolute Gasteiger partial charge is 0.373 e. The molecule has 0 spiro atoms. The van der Waals surface area contributed by atoms with Crippen LogP contribution >= 0.6 is 22.9 Å². The average molecular weight is 254 g/mol. The van der Waals surface area contributed by atoms with Crippen molar-refractivity contribution in [2.45, 2.75) is 13.3 Å². The molecule has 84 valence electrons. The lowest BCUT2D eigenvalue weighted by atomic mass is 10.1. The number of aromatic nitrogens is 2. The van der Waals surface area contributed by atoms with Crippen molar-refractivity contribution < 1.29 is 0 Å². The van der Waals surface area contributed by atoms with Crippen LogP contribution in [-0.4, -0.2) is 17.0 Å². The Hall–Kier alpha value is -1.13. The minimum atomic E-state index is 0.750. The van der Waals surface area contributed by atoms with E-state index in [1.807, 2.05) is 18.5 Å². The minimum Gasteiger partial charge on any atom is -0.373 e. The lowest BCUT2D eigenvalue weighted by molar-refractivity contribution is 1.05. The van der Waals surface area contributed by atoms with Crippen LogP contribution in [0.25, 0.3) is 10.6 Å². The van der Waals surface area contributed by atoms with Crippen molar-refractivity contribution in [3.63, 3.8) is 0 Å². The highest BCUT2D eigenvalue weighted by atomic mass is 35.5. The number of nitrogens with zero attached hydrogens (tertiary/aromatic N) is 2. The summed E-state index contributed by atoms with van der Waals surface area (Å²) < 4.78 is 0. The molecule has 0 saturated heterocycles. The van der Waals surface area contributed by atoms with Gasteiger partial charge in [-0.25, -0.2) is 9.97 Å². The average Bonchev–Trinajstić information content (AvgIpc) is 2.74. The van der Waals surface area contributed by atoms with Crippen LogP contribution in [0.5, 0.6) is 0 Å². The van der Waals surface area contributed by atoms with E-state index in [-0.39, 0.29) is 0 Å². The summed E-state index contributed by atoms with van der Waals surface area (Å²) in [6.07, 6.45) is 2.44. The Labute approximate surface area is 104 Å². The summed E-state index contributed by atoms with van der Waals surface area (Å²) in [6.45, 7) is 2.09. The molecular weight excluding hydrogens is 242 g/mol. The van der Waals surface area contributed by atoms with Crippen LogP contribution in [0.3, 0.4) is 0 Å². The van der Waals surface area contributed by atoms with E-state index in [2.05, 4.69) is 22.2 Å². The molecule has 1 N–H and O–H groups in total. The van der Waals surface area contributed by atoms with Crippen molar-refractivity contribution in [1.82, 2.24) is 9.97 Å². The van der Waals surface area contributed by atoms with Crippen LogP contribution < -0.4 is 5.32 Å². The topological polar surface area (TPSA) is 37.8 Å². The van der Waals surface area contributed by atoms with Crippen molar-refractivity contribution in [3.05, 3.63) is 28.4 Å². The summed E-state index contributed by atoms with van der Waals surface area (Å²) in [7, 11) is 1.86. The predicted octanol–water partition coefficient (Wildman–Crippen LogP) is 3.46. The maximum atomic E-state index is 6.13. The molecule has 0 saturated carbocycles. The van der Waals surface area contributed by atoms with Gasteiger partial charge in [-0.05, 0) is 17.9 Å². The fourth-order valence-corrected chi connectivity index (χ4v) is 2.79. The van der Waals surface area contributed by atoms with E-state index in [0.717, 1.165) is 33.4 Å². The Kier molecular flexibility index (Phi) is 3.41. The molecule has 16 heavy (non-hydrogen) atoms. The maximum absolute atomic E-state index is 6.13. The second-order valence-electron chi connectivity index (χ2n) is 3.25. The molecule has 0 unspecified atom stereocenters. The van der Waals surface area contributed by atoms with Gasteiger partial charge in [-0.3, -0.25) is 0 Å². The summed E-state index contributed by atoms with van der Waals surface area (Å²) in [5, 5.41) is 5.80. The van der Waals surface area contributed by atoms with Gasteiger partial charge in [0.25, 0.3) is 0 Å². The fourth-order valence-electron chi connectivity index (χ4n) is 1.62. The van der Waals surface area contributed by atoms with Gasteiger partial charge in [-0.1, -0.05) is 18.5 Å². The van der Waals surface area contributed by atoms with E-state index in [9.17, 15) is 0 Å². The van der Waals surface area contributed by atoms with Gasteiger partial charge in [0.05, 0.1) is 15.6 Å². The van der Waals surface area contributed by atoms with Gasteiger partial charge in [-0.2, -0.15) is 0 Å². The molecule has 2 heterocycles. The molecule has 0 aliphatic rings. The van der Waals surface area contributed by atoms with Gasteiger partial charge < -0.3 is 5.32 Å². The standard InChI is InChI=1S/C11H12ClN3S/c1-3-7-9(10-8(12)4-5-16-10)14-6-15-11(7)13-2/h4-6H,3H2,1-2H3,(H,13,14,15). The quantitative estimate of drug-likeness (QED) is 0.910. The minimum absolute atomic E-state index is 0.750. The van der Waals surface area contributed by atoms with E-state index in [0.29, 0.717) is 0 Å². The normalized spacial score (nSPS) is 10.4. The molecule has 0 amide bonds. The number of thiophene rings is 1. The lowest BCUT2D eigenvalue weighted by Crippen LogP contribution is -2.01. The third kappa shape index (κ3) is 1.90. The zero-order valence-electron chi connectivity index (χ0n) is 9.12. The molecule has 2 aromatic rings. The van der Waals surface area contributed by atoms with Crippen LogP contribution in [0.4, 0.5) is 5.82 Å². The number of halogens is 1. The van der Waals surface area contributed by atoms with Crippen molar-refractivity contribution in [3.8, 4) is 10.6 Å². The third-order valence-corrected chi connectivity index (χ3v) is 3.72. The zero-order valence-corrected chi connectivity index (χ0v) is 10.7. The van der Waals surface area contributed by atoms with Crippen LogP contribution in [0, 0.1) is 0 Å². The zero-order chi connectivity index (χ0) is 11.5. The SMILES string of the molecule is CCc1c(NC)ncnc1-c1sccc1Cl. The van der Waals surface area contributed by atoms with E-state index in [4.69, 9.17) is 11.6 Å². The monoisotopic (exact) mass is 253 g/mol. The Morgan fingerprint density at radius 2 is 2.25 bits per heavy atom. The molecule has 0 radical (unpaired) electrons. The molecule has 0 aromatic carbocycles. The van der Waals surface area contributed by atoms with Gasteiger partial charge in [0, 0.05) is 12.6 Å². The van der Waals surface area contributed by atoms with Crippen LogP contribution in [-0.2, 0) is 6.42 Å². The summed E-state index contributed by atoms with van der Waals surface area (Å²) in [5.41, 5.74) is 2.04. The van der Waals surface area contributed by atoms with Crippen molar-refractivity contribution in [2.75, 3.05) is 12.4 Å². The second-order valence-corrected chi connectivity index (χ2v) is 4.57. The molecule has 0 aliphatic heterocycles. The highest BCUT2D eigenvalue weighted by Gasteiger charge is 2.14. The van der Waals surface area contributed by atoms with Crippen molar-refractivity contribution in [1.29, 1.82) is 0 Å². The molecule has 3 nitrogen and oxygen atoms in total. The maximum Gasteiger partial charge on any atom is 0.132 e. The first kappa shape index (κ1) is 11.4. The van der Waals surface area contributed by atoms with E-state index in [1.165, 1.54) is 0 Å². The Balaban J connectivity index is 2.61. The van der Waals surface area contributed by atoms with Gasteiger partial charge in [0.1, 0.15) is 12.1 Å². The summed E-state index contributed by atoms with van der Waals surface area (Å²) in [4.78, 5) is 9.56.